The first kappa shape index (κ1) is 21.2. The van der Waals surface area contributed by atoms with Crippen LogP contribution in [0, 0.1) is 0 Å². The summed E-state index contributed by atoms with van der Waals surface area (Å²) in [4.78, 5) is 11.8. The highest BCUT2D eigenvalue weighted by atomic mass is 32.3. The van der Waals surface area contributed by atoms with Crippen LogP contribution in [-0.2, 0) is 34.8 Å². The number of anilines is 2. The third kappa shape index (κ3) is 4.83. The first-order chi connectivity index (χ1) is 11.1. The zero-order valence-corrected chi connectivity index (χ0v) is 16.6. The Bertz CT molecular complexity index is 965. The maximum absolute atomic E-state index is 11.9. The fourth-order valence-corrected chi connectivity index (χ4v) is 5.45. The number of ether oxygens (including phenoxy) is 1. The predicted molar refractivity (Wildman–Crippen MR) is 93.2 cm³/mol. The minimum absolute atomic E-state index is 0.140. The molecule has 0 aliphatic carbocycles. The second-order valence-corrected chi connectivity index (χ2v) is 11.1. The van der Waals surface area contributed by atoms with E-state index in [-0.39, 0.29) is 20.6 Å². The van der Waals surface area contributed by atoms with Crippen molar-refractivity contribution in [3.8, 4) is 0 Å². The number of carbonyl (C=O) groups is 1. The number of rotatable bonds is 6. The molecule has 1 aromatic rings. The number of hydrogen-bond acceptors (Lipinski definition) is 8. The highest BCUT2D eigenvalue weighted by Crippen LogP contribution is 2.30. The minimum atomic E-state index is -4.23. The Morgan fingerprint density at radius 2 is 1.40 bits per heavy atom. The van der Waals surface area contributed by atoms with E-state index in [9.17, 15) is 30.0 Å². The van der Waals surface area contributed by atoms with Crippen LogP contribution in [-0.4, -0.2) is 64.1 Å². The van der Waals surface area contributed by atoms with Gasteiger partial charge in [-0.2, -0.15) is 3.71 Å². The molecule has 0 aliphatic rings. The first-order valence-corrected chi connectivity index (χ1v) is 12.0. The standard InChI is InChI=1S/C12H18N2O8S3/c1-13(23(3,16)17)11-8-9(6-7-10(11)12(15)22-2)14(24(4,18)19)25(5,20)21/h6-8H,1-5H3. The van der Waals surface area contributed by atoms with E-state index in [1.165, 1.54) is 0 Å². The predicted octanol–water partition coefficient (Wildman–Crippen LogP) is -0.405. The summed E-state index contributed by atoms with van der Waals surface area (Å²) in [5.74, 6) is -0.873. The molecule has 0 spiro atoms. The highest BCUT2D eigenvalue weighted by molar-refractivity contribution is 8.09. The van der Waals surface area contributed by atoms with Crippen LogP contribution in [0.5, 0.6) is 0 Å². The molecule has 0 unspecified atom stereocenters. The number of esters is 1. The lowest BCUT2D eigenvalue weighted by Crippen LogP contribution is -2.35. The van der Waals surface area contributed by atoms with E-state index in [0.717, 1.165) is 38.6 Å². The van der Waals surface area contributed by atoms with E-state index in [1.807, 2.05) is 0 Å². The number of sulfonamides is 3. The molecule has 0 aromatic heterocycles. The molecule has 1 aromatic carbocycles. The molecule has 142 valence electrons. The van der Waals surface area contributed by atoms with Crippen molar-refractivity contribution >= 4 is 47.4 Å². The van der Waals surface area contributed by atoms with Crippen LogP contribution in [0.3, 0.4) is 0 Å². The minimum Gasteiger partial charge on any atom is -0.465 e. The fraction of sp³-hybridized carbons (Fsp3) is 0.417. The molecule has 0 amide bonds. The number of hydrogen-bond donors (Lipinski definition) is 0. The van der Waals surface area contributed by atoms with E-state index in [1.54, 1.807) is 0 Å². The van der Waals surface area contributed by atoms with Crippen molar-refractivity contribution in [1.82, 2.24) is 0 Å². The smallest absolute Gasteiger partial charge is 0.340 e. The largest absolute Gasteiger partial charge is 0.465 e. The van der Waals surface area contributed by atoms with Crippen molar-refractivity contribution in [2.24, 2.45) is 0 Å². The summed E-state index contributed by atoms with van der Waals surface area (Å²) >= 11 is 0. The molecule has 0 aliphatic heterocycles. The van der Waals surface area contributed by atoms with Crippen molar-refractivity contribution in [2.75, 3.05) is 40.9 Å². The second-order valence-electron chi connectivity index (χ2n) is 5.15. The molecule has 10 nitrogen and oxygen atoms in total. The Labute approximate surface area is 147 Å². The Morgan fingerprint density at radius 3 is 1.76 bits per heavy atom. The topological polar surface area (TPSA) is 135 Å². The zero-order chi connectivity index (χ0) is 19.8. The highest BCUT2D eigenvalue weighted by Gasteiger charge is 2.30. The molecule has 0 saturated carbocycles. The molecule has 0 saturated heterocycles. The van der Waals surface area contributed by atoms with Crippen LogP contribution in [0.25, 0.3) is 0 Å². The van der Waals surface area contributed by atoms with Crippen molar-refractivity contribution in [3.63, 3.8) is 0 Å². The summed E-state index contributed by atoms with van der Waals surface area (Å²) in [5.41, 5.74) is -0.756. The van der Waals surface area contributed by atoms with Crippen molar-refractivity contribution < 1.29 is 34.8 Å². The maximum atomic E-state index is 11.9. The van der Waals surface area contributed by atoms with Gasteiger partial charge in [-0.25, -0.2) is 30.0 Å². The molecule has 13 heteroatoms. The first-order valence-electron chi connectivity index (χ1n) is 6.47. The monoisotopic (exact) mass is 414 g/mol. The van der Waals surface area contributed by atoms with Gasteiger partial charge in [0, 0.05) is 7.05 Å². The van der Waals surface area contributed by atoms with E-state index >= 15 is 0 Å². The molecule has 0 atom stereocenters. The molecule has 0 radical (unpaired) electrons. The summed E-state index contributed by atoms with van der Waals surface area (Å²) in [6.45, 7) is 0. The lowest BCUT2D eigenvalue weighted by molar-refractivity contribution is 0.0601. The molecular formula is C12H18N2O8S3. The maximum Gasteiger partial charge on any atom is 0.340 e. The van der Waals surface area contributed by atoms with Gasteiger partial charge in [-0.15, -0.1) is 0 Å². The lowest BCUT2D eigenvalue weighted by atomic mass is 10.1. The van der Waals surface area contributed by atoms with Gasteiger partial charge >= 0.3 is 5.97 Å². The van der Waals surface area contributed by atoms with Gasteiger partial charge in [-0.1, -0.05) is 0 Å². The van der Waals surface area contributed by atoms with Gasteiger partial charge < -0.3 is 4.74 Å². The molecule has 0 bridgehead atoms. The summed E-state index contributed by atoms with van der Waals surface area (Å²) in [7, 11) is -10.1. The van der Waals surface area contributed by atoms with E-state index in [2.05, 4.69) is 4.74 Å². The van der Waals surface area contributed by atoms with Gasteiger partial charge in [0.2, 0.25) is 30.1 Å². The van der Waals surface area contributed by atoms with Gasteiger partial charge in [0.15, 0.2) is 0 Å². The molecule has 0 heterocycles. The van der Waals surface area contributed by atoms with Crippen LogP contribution >= 0.6 is 0 Å². The number of benzene rings is 1. The van der Waals surface area contributed by atoms with Gasteiger partial charge in [0.1, 0.15) is 0 Å². The molecular weight excluding hydrogens is 396 g/mol. The van der Waals surface area contributed by atoms with Crippen molar-refractivity contribution in [1.29, 1.82) is 0 Å². The zero-order valence-electron chi connectivity index (χ0n) is 14.1. The summed E-state index contributed by atoms with van der Waals surface area (Å²) in [6.07, 6.45) is 2.23. The Kier molecular flexibility index (Phi) is 5.76. The molecule has 0 N–H and O–H groups in total. The van der Waals surface area contributed by atoms with E-state index < -0.39 is 36.0 Å². The fourth-order valence-electron chi connectivity index (χ4n) is 1.98. The number of carbonyl (C=O) groups excluding carboxylic acids is 1. The molecule has 25 heavy (non-hydrogen) atoms. The molecule has 1 rings (SSSR count). The number of nitrogens with zero attached hydrogens (tertiary/aromatic N) is 2. The normalized spacial score (nSPS) is 12.5. The van der Waals surface area contributed by atoms with Gasteiger partial charge in [-0.05, 0) is 18.2 Å². The average Bonchev–Trinajstić information content (AvgIpc) is 2.41. The SMILES string of the molecule is COC(=O)c1ccc(N(S(C)(=O)=O)S(C)(=O)=O)cc1N(C)S(C)(=O)=O. The van der Waals surface area contributed by atoms with Crippen LogP contribution in [0.4, 0.5) is 11.4 Å². The third-order valence-corrected chi connectivity index (χ3v) is 7.48. The van der Waals surface area contributed by atoms with Crippen molar-refractivity contribution in [2.45, 2.75) is 0 Å². The molecule has 0 fully saturated rings. The lowest BCUT2D eigenvalue weighted by Gasteiger charge is -2.24. The van der Waals surface area contributed by atoms with Gasteiger partial charge in [0.25, 0.3) is 0 Å². The number of methoxy groups -OCH3 is 1. The van der Waals surface area contributed by atoms with E-state index in [4.69, 9.17) is 0 Å². The Hall–Kier alpha value is -1.86. The Balaban J connectivity index is 3.82. The Morgan fingerprint density at radius 1 is 0.920 bits per heavy atom. The third-order valence-electron chi connectivity index (χ3n) is 3.04. The summed E-state index contributed by atoms with van der Waals surface area (Å²) in [5, 5.41) is 0. The summed E-state index contributed by atoms with van der Waals surface area (Å²) < 4.78 is 76.4. The average molecular weight is 414 g/mol. The van der Waals surface area contributed by atoms with Crippen LogP contribution in [0.2, 0.25) is 0 Å². The quantitative estimate of drug-likeness (QED) is 0.574. The van der Waals surface area contributed by atoms with Crippen LogP contribution in [0.15, 0.2) is 18.2 Å². The van der Waals surface area contributed by atoms with Crippen LogP contribution < -0.4 is 8.02 Å². The van der Waals surface area contributed by atoms with Gasteiger partial charge in [0.05, 0.1) is 42.8 Å². The van der Waals surface area contributed by atoms with Gasteiger partial charge in [-0.3, -0.25) is 4.31 Å². The van der Waals surface area contributed by atoms with E-state index in [0.29, 0.717) is 16.8 Å². The van der Waals surface area contributed by atoms with Crippen molar-refractivity contribution in [3.05, 3.63) is 23.8 Å². The van der Waals surface area contributed by atoms with Crippen LogP contribution in [0.1, 0.15) is 10.4 Å². The summed E-state index contributed by atoms with van der Waals surface area (Å²) in [6, 6.07) is 3.12. The second kappa shape index (κ2) is 6.80.